The number of rotatable bonds is 4. The molecule has 2 aromatic carbocycles. The van der Waals surface area contributed by atoms with Crippen molar-refractivity contribution < 1.29 is 9.53 Å². The molecule has 7 nitrogen and oxygen atoms in total. The summed E-state index contributed by atoms with van der Waals surface area (Å²) in [4.78, 5) is 31.7. The Morgan fingerprint density at radius 1 is 1.08 bits per heavy atom. The van der Waals surface area contributed by atoms with E-state index in [0.29, 0.717) is 32.0 Å². The second-order valence-corrected chi connectivity index (χ2v) is 10.6. The molecule has 37 heavy (non-hydrogen) atoms. The van der Waals surface area contributed by atoms with E-state index in [0.717, 1.165) is 52.1 Å². The number of carbonyl (C=O) groups excluding carboxylic acids is 1. The van der Waals surface area contributed by atoms with Gasteiger partial charge in [-0.2, -0.15) is 0 Å². The lowest BCUT2D eigenvalue weighted by atomic mass is 9.86. The van der Waals surface area contributed by atoms with Gasteiger partial charge in [0, 0.05) is 41.3 Å². The zero-order valence-electron chi connectivity index (χ0n) is 21.7. The van der Waals surface area contributed by atoms with E-state index >= 15 is 0 Å². The number of H-pyrrole nitrogens is 1. The number of nitrogens with zero attached hydrogens (tertiary/aromatic N) is 4. The fourth-order valence-electron chi connectivity index (χ4n) is 5.82. The van der Waals surface area contributed by atoms with Crippen LogP contribution in [0.3, 0.4) is 0 Å². The lowest BCUT2D eigenvalue weighted by molar-refractivity contribution is -0.137. The quantitative estimate of drug-likeness (QED) is 0.444. The van der Waals surface area contributed by atoms with Crippen molar-refractivity contribution in [3.63, 3.8) is 0 Å². The van der Waals surface area contributed by atoms with Gasteiger partial charge in [-0.1, -0.05) is 42.5 Å². The lowest BCUT2D eigenvalue weighted by Crippen LogP contribution is -2.52. The number of aromatic nitrogens is 3. The Labute approximate surface area is 217 Å². The van der Waals surface area contributed by atoms with Crippen LogP contribution in [0.2, 0.25) is 0 Å². The molecule has 1 fully saturated rings. The van der Waals surface area contributed by atoms with E-state index in [2.05, 4.69) is 48.9 Å². The largest absolute Gasteiger partial charge is 0.377 e. The standard InChI is InChI=1S/C30H33N5O2/c1-20-19-37-17-16-34(20)29-24-13-15-35(26(36)18-21-8-5-4-6-9-21)30(2,3)27(24)32-28(33-29)23-10-7-11-25-22(23)12-14-31-25/h4-12,14,20,31H,13,15-19H2,1-3H3/t20-/m1/s1. The lowest BCUT2D eigenvalue weighted by Gasteiger charge is -2.45. The monoisotopic (exact) mass is 495 g/mol. The molecule has 4 aromatic rings. The maximum Gasteiger partial charge on any atom is 0.227 e. The van der Waals surface area contributed by atoms with E-state index in [4.69, 9.17) is 14.7 Å². The summed E-state index contributed by atoms with van der Waals surface area (Å²) in [6, 6.07) is 18.4. The first-order valence-electron chi connectivity index (χ1n) is 13.1. The third-order valence-corrected chi connectivity index (χ3v) is 7.80. The highest BCUT2D eigenvalue weighted by Gasteiger charge is 2.41. The summed E-state index contributed by atoms with van der Waals surface area (Å²) in [6.07, 6.45) is 3.06. The van der Waals surface area contributed by atoms with Gasteiger partial charge >= 0.3 is 0 Å². The van der Waals surface area contributed by atoms with Gasteiger partial charge in [0.2, 0.25) is 5.91 Å². The van der Waals surface area contributed by atoms with Crippen LogP contribution in [0.25, 0.3) is 22.3 Å². The number of hydrogen-bond acceptors (Lipinski definition) is 5. The summed E-state index contributed by atoms with van der Waals surface area (Å²) in [5.74, 6) is 1.80. The average Bonchev–Trinajstić information content (AvgIpc) is 3.38. The molecule has 190 valence electrons. The fourth-order valence-corrected chi connectivity index (χ4v) is 5.82. The van der Waals surface area contributed by atoms with Crippen LogP contribution in [0, 0.1) is 0 Å². The molecule has 4 heterocycles. The van der Waals surface area contributed by atoms with Crippen molar-refractivity contribution in [3.05, 3.63) is 77.6 Å². The number of anilines is 1. The van der Waals surface area contributed by atoms with Crippen LogP contribution in [0.4, 0.5) is 5.82 Å². The van der Waals surface area contributed by atoms with Gasteiger partial charge in [-0.25, -0.2) is 9.97 Å². The van der Waals surface area contributed by atoms with E-state index in [1.807, 2.05) is 47.5 Å². The molecular formula is C30H33N5O2. The van der Waals surface area contributed by atoms with Gasteiger partial charge in [-0.15, -0.1) is 0 Å². The van der Waals surface area contributed by atoms with Crippen LogP contribution < -0.4 is 4.90 Å². The molecule has 0 unspecified atom stereocenters. The van der Waals surface area contributed by atoms with Gasteiger partial charge < -0.3 is 19.5 Å². The minimum Gasteiger partial charge on any atom is -0.377 e. The number of aromatic amines is 1. The second kappa shape index (κ2) is 9.30. The predicted octanol–water partition coefficient (Wildman–Crippen LogP) is 4.71. The Morgan fingerprint density at radius 2 is 1.92 bits per heavy atom. The second-order valence-electron chi connectivity index (χ2n) is 10.6. The molecule has 0 saturated carbocycles. The Morgan fingerprint density at radius 3 is 2.73 bits per heavy atom. The number of fused-ring (bicyclic) bond motifs is 2. The van der Waals surface area contributed by atoms with Gasteiger partial charge in [-0.3, -0.25) is 4.79 Å². The third kappa shape index (κ3) is 4.17. The van der Waals surface area contributed by atoms with Crippen LogP contribution in [0.1, 0.15) is 37.6 Å². The van der Waals surface area contributed by atoms with Crippen molar-refractivity contribution in [2.45, 2.75) is 45.2 Å². The zero-order chi connectivity index (χ0) is 25.6. The number of carbonyl (C=O) groups is 1. The smallest absolute Gasteiger partial charge is 0.227 e. The molecule has 2 aliphatic rings. The molecule has 7 heteroatoms. The average molecular weight is 496 g/mol. The first kappa shape index (κ1) is 23.7. The summed E-state index contributed by atoms with van der Waals surface area (Å²) in [7, 11) is 0. The molecule has 0 radical (unpaired) electrons. The van der Waals surface area contributed by atoms with Gasteiger partial charge in [0.1, 0.15) is 5.82 Å². The Bertz CT molecular complexity index is 1450. The Hall–Kier alpha value is -3.71. The van der Waals surface area contributed by atoms with Gasteiger partial charge in [0.15, 0.2) is 5.82 Å². The summed E-state index contributed by atoms with van der Waals surface area (Å²) in [5, 5.41) is 1.09. The maximum atomic E-state index is 13.6. The molecule has 1 N–H and O–H groups in total. The van der Waals surface area contributed by atoms with Crippen molar-refractivity contribution in [1.82, 2.24) is 19.9 Å². The minimum absolute atomic E-state index is 0.121. The number of amides is 1. The van der Waals surface area contributed by atoms with Crippen LogP contribution in [-0.4, -0.2) is 58.1 Å². The van der Waals surface area contributed by atoms with Crippen LogP contribution in [-0.2, 0) is 27.9 Å². The number of benzene rings is 2. The zero-order valence-corrected chi connectivity index (χ0v) is 21.7. The molecule has 6 rings (SSSR count). The van der Waals surface area contributed by atoms with E-state index in [-0.39, 0.29) is 11.9 Å². The Balaban J connectivity index is 1.48. The normalized spacial score (nSPS) is 19.2. The van der Waals surface area contributed by atoms with E-state index < -0.39 is 5.54 Å². The van der Waals surface area contributed by atoms with Crippen LogP contribution in [0.15, 0.2) is 60.8 Å². The molecule has 2 aromatic heterocycles. The summed E-state index contributed by atoms with van der Waals surface area (Å²) in [5.41, 5.74) is 4.58. The van der Waals surface area contributed by atoms with E-state index in [9.17, 15) is 4.79 Å². The van der Waals surface area contributed by atoms with E-state index in [1.165, 1.54) is 0 Å². The summed E-state index contributed by atoms with van der Waals surface area (Å²) in [6.45, 7) is 9.21. The first-order chi connectivity index (χ1) is 17.9. The highest BCUT2D eigenvalue weighted by Crippen LogP contribution is 2.40. The molecule has 1 atom stereocenters. The minimum atomic E-state index is -0.576. The van der Waals surface area contributed by atoms with Crippen LogP contribution in [0.5, 0.6) is 0 Å². The number of nitrogens with one attached hydrogen (secondary N) is 1. The van der Waals surface area contributed by atoms with Gasteiger partial charge in [-0.05, 0) is 44.9 Å². The van der Waals surface area contributed by atoms with E-state index in [1.54, 1.807) is 0 Å². The fraction of sp³-hybridized carbons (Fsp3) is 0.367. The number of ether oxygens (including phenoxy) is 1. The summed E-state index contributed by atoms with van der Waals surface area (Å²) >= 11 is 0. The van der Waals surface area contributed by atoms with Crippen molar-refractivity contribution in [1.29, 1.82) is 0 Å². The molecule has 2 aliphatic heterocycles. The molecular weight excluding hydrogens is 462 g/mol. The Kier molecular flexibility index (Phi) is 5.95. The third-order valence-electron chi connectivity index (χ3n) is 7.80. The first-order valence-corrected chi connectivity index (χ1v) is 13.1. The van der Waals surface area contributed by atoms with Crippen LogP contribution >= 0.6 is 0 Å². The van der Waals surface area contributed by atoms with Crippen molar-refractivity contribution in [2.75, 3.05) is 31.2 Å². The molecule has 1 amide bonds. The van der Waals surface area contributed by atoms with Crippen molar-refractivity contribution >= 4 is 22.6 Å². The molecule has 0 spiro atoms. The van der Waals surface area contributed by atoms with Gasteiger partial charge in [0.05, 0.1) is 36.9 Å². The number of morpholine rings is 1. The van der Waals surface area contributed by atoms with Gasteiger partial charge in [0.25, 0.3) is 0 Å². The number of hydrogen-bond donors (Lipinski definition) is 1. The molecule has 1 saturated heterocycles. The predicted molar refractivity (Wildman–Crippen MR) is 146 cm³/mol. The SMILES string of the molecule is C[C@@H]1COCCN1c1nc(-c2cccc3[nH]ccc23)nc2c1CCN(C(=O)Cc1ccccc1)C2(C)C. The highest BCUT2D eigenvalue weighted by atomic mass is 16.5. The molecule has 0 bridgehead atoms. The molecule has 0 aliphatic carbocycles. The highest BCUT2D eigenvalue weighted by molar-refractivity contribution is 5.93. The topological polar surface area (TPSA) is 74.3 Å². The maximum absolute atomic E-state index is 13.6. The van der Waals surface area contributed by atoms with Crippen molar-refractivity contribution in [3.8, 4) is 11.4 Å². The van der Waals surface area contributed by atoms with Crippen molar-refractivity contribution in [2.24, 2.45) is 0 Å². The summed E-state index contributed by atoms with van der Waals surface area (Å²) < 4.78 is 5.74.